The molecule has 4 rings (SSSR count). The molecule has 2 fully saturated rings. The zero-order chi connectivity index (χ0) is 21.4. The van der Waals surface area contributed by atoms with Gasteiger partial charge in [0.2, 0.25) is 15.9 Å². The van der Waals surface area contributed by atoms with Crippen molar-refractivity contribution in [3.8, 4) is 0 Å². The minimum atomic E-state index is -3.43. The Hall–Kier alpha value is -2.18. The molecule has 1 saturated carbocycles. The molecule has 0 unspecified atom stereocenters. The lowest BCUT2D eigenvalue weighted by Gasteiger charge is -2.31. The molecule has 1 aliphatic carbocycles. The smallest absolute Gasteiger partial charge is 0.243 e. The number of carbonyl (C=O) groups is 1. The van der Waals surface area contributed by atoms with Crippen molar-refractivity contribution in [2.24, 2.45) is 5.92 Å². The highest BCUT2D eigenvalue weighted by molar-refractivity contribution is 7.89. The van der Waals surface area contributed by atoms with Crippen molar-refractivity contribution in [2.75, 3.05) is 19.6 Å². The van der Waals surface area contributed by atoms with Crippen molar-refractivity contribution in [2.45, 2.75) is 49.8 Å². The molecule has 6 heteroatoms. The van der Waals surface area contributed by atoms with Crippen LogP contribution < -0.4 is 5.32 Å². The molecule has 1 saturated heterocycles. The fraction of sp³-hybridized carbons (Fsp3) is 0.458. The van der Waals surface area contributed by atoms with Gasteiger partial charge in [0.1, 0.15) is 0 Å². The number of aryl methyl sites for hydroxylation is 2. The average Bonchev–Trinajstić information content (AvgIpc) is 3.54. The number of nitrogens with one attached hydrogen (secondary N) is 1. The van der Waals surface area contributed by atoms with Crippen LogP contribution in [0.25, 0.3) is 0 Å². The lowest BCUT2D eigenvalue weighted by atomic mass is 9.91. The van der Waals surface area contributed by atoms with Gasteiger partial charge in [-0.25, -0.2) is 8.42 Å². The van der Waals surface area contributed by atoms with Gasteiger partial charge in [-0.2, -0.15) is 4.31 Å². The van der Waals surface area contributed by atoms with E-state index in [1.165, 1.54) is 11.1 Å². The van der Waals surface area contributed by atoms with E-state index in [9.17, 15) is 13.2 Å². The molecule has 0 aromatic heterocycles. The predicted octanol–water partition coefficient (Wildman–Crippen LogP) is 3.55. The van der Waals surface area contributed by atoms with Crippen LogP contribution in [0.4, 0.5) is 0 Å². The summed E-state index contributed by atoms with van der Waals surface area (Å²) in [6.45, 7) is 5.76. The molecule has 160 valence electrons. The molecule has 1 N–H and O–H groups in total. The van der Waals surface area contributed by atoms with Crippen LogP contribution in [0.15, 0.2) is 53.4 Å². The summed E-state index contributed by atoms with van der Waals surface area (Å²) in [7, 11) is -3.43. The maximum Gasteiger partial charge on any atom is 0.243 e. The molecule has 2 aromatic carbocycles. The fourth-order valence-corrected chi connectivity index (χ4v) is 6.02. The van der Waals surface area contributed by atoms with Crippen molar-refractivity contribution in [1.82, 2.24) is 9.62 Å². The number of carbonyl (C=O) groups excluding carboxylic acids is 1. The van der Waals surface area contributed by atoms with Crippen LogP contribution in [0, 0.1) is 19.8 Å². The Kier molecular flexibility index (Phi) is 5.73. The Morgan fingerprint density at radius 1 is 1.03 bits per heavy atom. The quantitative estimate of drug-likeness (QED) is 0.768. The van der Waals surface area contributed by atoms with Crippen LogP contribution in [-0.2, 0) is 20.2 Å². The molecule has 2 aliphatic rings. The van der Waals surface area contributed by atoms with E-state index in [1.807, 2.05) is 6.07 Å². The summed E-state index contributed by atoms with van der Waals surface area (Å²) in [6, 6.07) is 15.0. The van der Waals surface area contributed by atoms with Gasteiger partial charge in [0, 0.05) is 19.6 Å². The first-order valence-electron chi connectivity index (χ1n) is 10.7. The summed E-state index contributed by atoms with van der Waals surface area (Å²) in [6.07, 6.45) is 3.33. The molecule has 1 aliphatic heterocycles. The lowest BCUT2D eigenvalue weighted by Crippen LogP contribution is -2.43. The summed E-state index contributed by atoms with van der Waals surface area (Å²) >= 11 is 0. The third kappa shape index (κ3) is 4.16. The van der Waals surface area contributed by atoms with Gasteiger partial charge >= 0.3 is 0 Å². The highest BCUT2D eigenvalue weighted by Gasteiger charge is 2.51. The first-order chi connectivity index (χ1) is 14.3. The molecule has 1 heterocycles. The number of hydrogen-bond donors (Lipinski definition) is 1. The summed E-state index contributed by atoms with van der Waals surface area (Å²) < 4.78 is 27.1. The van der Waals surface area contributed by atoms with E-state index >= 15 is 0 Å². The molecule has 5 nitrogen and oxygen atoms in total. The number of hydrogen-bond acceptors (Lipinski definition) is 3. The molecule has 0 radical (unpaired) electrons. The third-order valence-corrected chi connectivity index (χ3v) is 8.38. The SMILES string of the molecule is Cc1cc(C)cc(C2(C(=O)NCC3CCN(S(=O)(=O)c4ccccc4)CC3)CC2)c1. The van der Waals surface area contributed by atoms with E-state index in [-0.39, 0.29) is 11.3 Å². The van der Waals surface area contributed by atoms with Crippen molar-refractivity contribution >= 4 is 15.9 Å². The topological polar surface area (TPSA) is 66.5 Å². The predicted molar refractivity (Wildman–Crippen MR) is 118 cm³/mol. The van der Waals surface area contributed by atoms with Gasteiger partial charge in [-0.05, 0) is 63.1 Å². The van der Waals surface area contributed by atoms with Gasteiger partial charge in [0.25, 0.3) is 0 Å². The molecule has 1 amide bonds. The van der Waals surface area contributed by atoms with E-state index < -0.39 is 10.0 Å². The summed E-state index contributed by atoms with van der Waals surface area (Å²) in [5.74, 6) is 0.429. The van der Waals surface area contributed by atoms with Gasteiger partial charge in [0.15, 0.2) is 0 Å². The van der Waals surface area contributed by atoms with E-state index in [0.717, 1.165) is 31.2 Å². The Bertz CT molecular complexity index is 1000. The van der Waals surface area contributed by atoms with Crippen LogP contribution >= 0.6 is 0 Å². The van der Waals surface area contributed by atoms with Crippen LogP contribution in [0.3, 0.4) is 0 Å². The van der Waals surface area contributed by atoms with Gasteiger partial charge in [-0.15, -0.1) is 0 Å². The van der Waals surface area contributed by atoms with Crippen LogP contribution in [0.5, 0.6) is 0 Å². The zero-order valence-corrected chi connectivity index (χ0v) is 18.5. The number of rotatable bonds is 6. The van der Waals surface area contributed by atoms with Gasteiger partial charge in [0.05, 0.1) is 10.3 Å². The number of amides is 1. The van der Waals surface area contributed by atoms with Gasteiger partial charge in [-0.3, -0.25) is 4.79 Å². The Morgan fingerprint density at radius 3 is 2.20 bits per heavy atom. The second-order valence-corrected chi connectivity index (χ2v) is 10.8. The van der Waals surface area contributed by atoms with E-state index in [4.69, 9.17) is 0 Å². The molecular weight excluding hydrogens is 396 g/mol. The first-order valence-corrected chi connectivity index (χ1v) is 12.2. The maximum atomic E-state index is 13.0. The Balaban J connectivity index is 1.32. The minimum absolute atomic E-state index is 0.117. The summed E-state index contributed by atoms with van der Waals surface area (Å²) in [4.78, 5) is 13.3. The standard InChI is InChI=1S/C24H30N2O3S/c1-18-14-19(2)16-21(15-18)24(10-11-24)23(27)25-17-20-8-12-26(13-9-20)30(28,29)22-6-4-3-5-7-22/h3-7,14-16,20H,8-13,17H2,1-2H3,(H,25,27). The van der Waals surface area contributed by atoms with E-state index in [1.54, 1.807) is 28.6 Å². The van der Waals surface area contributed by atoms with Crippen molar-refractivity contribution in [3.63, 3.8) is 0 Å². The monoisotopic (exact) mass is 426 g/mol. The molecule has 0 bridgehead atoms. The van der Waals surface area contributed by atoms with E-state index in [2.05, 4.69) is 37.4 Å². The normalized spacial score (nSPS) is 19.4. The van der Waals surface area contributed by atoms with Crippen molar-refractivity contribution < 1.29 is 13.2 Å². The van der Waals surface area contributed by atoms with Crippen LogP contribution in [-0.4, -0.2) is 38.3 Å². The highest BCUT2D eigenvalue weighted by atomic mass is 32.2. The summed E-state index contributed by atoms with van der Waals surface area (Å²) in [5, 5.41) is 3.17. The van der Waals surface area contributed by atoms with Gasteiger partial charge in [-0.1, -0.05) is 47.5 Å². The zero-order valence-electron chi connectivity index (χ0n) is 17.7. The largest absolute Gasteiger partial charge is 0.355 e. The Morgan fingerprint density at radius 2 is 1.63 bits per heavy atom. The molecule has 0 spiro atoms. The highest BCUT2D eigenvalue weighted by Crippen LogP contribution is 2.48. The number of piperidine rings is 1. The number of sulfonamides is 1. The molecular formula is C24H30N2O3S. The maximum absolute atomic E-state index is 13.0. The Labute approximate surface area is 179 Å². The van der Waals surface area contributed by atoms with Crippen LogP contribution in [0.2, 0.25) is 0 Å². The van der Waals surface area contributed by atoms with Crippen LogP contribution in [0.1, 0.15) is 42.4 Å². The third-order valence-electron chi connectivity index (χ3n) is 6.46. The molecule has 30 heavy (non-hydrogen) atoms. The number of nitrogens with zero attached hydrogens (tertiary/aromatic N) is 1. The molecule has 0 atom stereocenters. The van der Waals surface area contributed by atoms with Crippen molar-refractivity contribution in [3.05, 3.63) is 65.2 Å². The second kappa shape index (κ2) is 8.16. The van der Waals surface area contributed by atoms with E-state index in [0.29, 0.717) is 30.4 Å². The molecule has 2 aromatic rings. The minimum Gasteiger partial charge on any atom is -0.355 e. The average molecular weight is 427 g/mol. The summed E-state index contributed by atoms with van der Waals surface area (Å²) in [5.41, 5.74) is 3.14. The van der Waals surface area contributed by atoms with Crippen molar-refractivity contribution in [1.29, 1.82) is 0 Å². The van der Waals surface area contributed by atoms with Gasteiger partial charge < -0.3 is 5.32 Å². The second-order valence-electron chi connectivity index (χ2n) is 8.83. The number of benzene rings is 2. The fourth-order valence-electron chi connectivity index (χ4n) is 4.52. The lowest BCUT2D eigenvalue weighted by molar-refractivity contribution is -0.123. The first kappa shape index (κ1) is 21.1.